The number of nitrogens with zero attached hydrogens (tertiary/aromatic N) is 2. The summed E-state index contributed by atoms with van der Waals surface area (Å²) < 4.78 is 0. The number of piperidine rings is 1. The molecule has 1 unspecified atom stereocenters. The first-order valence-corrected chi connectivity index (χ1v) is 6.98. The van der Waals surface area contributed by atoms with E-state index in [9.17, 15) is 4.79 Å². The summed E-state index contributed by atoms with van der Waals surface area (Å²) in [7, 11) is 4.13. The van der Waals surface area contributed by atoms with Crippen LogP contribution in [-0.4, -0.2) is 56.1 Å². The van der Waals surface area contributed by atoms with Gasteiger partial charge in [0.15, 0.2) is 0 Å². The molecule has 0 aromatic heterocycles. The molecule has 0 spiro atoms. The lowest BCUT2D eigenvalue weighted by atomic mass is 9.93. The van der Waals surface area contributed by atoms with Gasteiger partial charge >= 0.3 is 6.03 Å². The SMILES string of the molecule is CC1CCCN(C(=O)NCC(C)(C)CN(C)C)C1. The molecule has 1 saturated heterocycles. The van der Waals surface area contributed by atoms with Crippen molar-refractivity contribution in [2.75, 3.05) is 40.3 Å². The summed E-state index contributed by atoms with van der Waals surface area (Å²) in [6.45, 7) is 10.1. The molecule has 0 aromatic carbocycles. The highest BCUT2D eigenvalue weighted by atomic mass is 16.2. The van der Waals surface area contributed by atoms with Gasteiger partial charge in [0, 0.05) is 26.2 Å². The van der Waals surface area contributed by atoms with E-state index in [1.165, 1.54) is 6.42 Å². The smallest absolute Gasteiger partial charge is 0.317 e. The zero-order chi connectivity index (χ0) is 13.8. The fourth-order valence-corrected chi connectivity index (χ4v) is 2.71. The number of urea groups is 1. The monoisotopic (exact) mass is 255 g/mol. The van der Waals surface area contributed by atoms with Crippen LogP contribution in [0.3, 0.4) is 0 Å². The van der Waals surface area contributed by atoms with Crippen molar-refractivity contribution >= 4 is 6.03 Å². The van der Waals surface area contributed by atoms with E-state index in [0.29, 0.717) is 5.92 Å². The number of hydrogen-bond donors (Lipinski definition) is 1. The molecule has 1 N–H and O–H groups in total. The van der Waals surface area contributed by atoms with Crippen molar-refractivity contribution in [1.82, 2.24) is 15.1 Å². The van der Waals surface area contributed by atoms with Crippen molar-refractivity contribution in [3.63, 3.8) is 0 Å². The van der Waals surface area contributed by atoms with Crippen molar-refractivity contribution in [2.24, 2.45) is 11.3 Å². The maximum Gasteiger partial charge on any atom is 0.317 e. The Morgan fingerprint density at radius 3 is 2.67 bits per heavy atom. The van der Waals surface area contributed by atoms with Gasteiger partial charge in [0.2, 0.25) is 0 Å². The highest BCUT2D eigenvalue weighted by molar-refractivity contribution is 5.74. The summed E-state index contributed by atoms with van der Waals surface area (Å²) in [6.07, 6.45) is 2.38. The van der Waals surface area contributed by atoms with Crippen LogP contribution in [0.4, 0.5) is 4.79 Å². The first-order valence-electron chi connectivity index (χ1n) is 6.98. The molecule has 0 radical (unpaired) electrons. The van der Waals surface area contributed by atoms with Crippen molar-refractivity contribution in [1.29, 1.82) is 0 Å². The molecule has 1 atom stereocenters. The van der Waals surface area contributed by atoms with Crippen LogP contribution in [0.15, 0.2) is 0 Å². The highest BCUT2D eigenvalue weighted by Gasteiger charge is 2.24. The molecule has 2 amide bonds. The molecule has 18 heavy (non-hydrogen) atoms. The van der Waals surface area contributed by atoms with Crippen LogP contribution < -0.4 is 5.32 Å². The highest BCUT2D eigenvalue weighted by Crippen LogP contribution is 2.17. The molecule has 0 aliphatic carbocycles. The molecule has 1 heterocycles. The third kappa shape index (κ3) is 5.25. The number of amides is 2. The Morgan fingerprint density at radius 1 is 1.44 bits per heavy atom. The van der Waals surface area contributed by atoms with E-state index < -0.39 is 0 Å². The Kier molecular flexibility index (Phi) is 5.45. The molecule has 0 bridgehead atoms. The normalized spacial score (nSPS) is 21.2. The van der Waals surface area contributed by atoms with Gasteiger partial charge in [-0.1, -0.05) is 20.8 Å². The number of likely N-dealkylation sites (tertiary alicyclic amines) is 1. The van der Waals surface area contributed by atoms with E-state index in [2.05, 4.69) is 45.1 Å². The van der Waals surface area contributed by atoms with Gasteiger partial charge in [-0.05, 0) is 38.3 Å². The average Bonchev–Trinajstić information content (AvgIpc) is 2.24. The van der Waals surface area contributed by atoms with Gasteiger partial charge in [0.25, 0.3) is 0 Å². The molecule has 0 saturated carbocycles. The van der Waals surface area contributed by atoms with Crippen LogP contribution in [0.2, 0.25) is 0 Å². The lowest BCUT2D eigenvalue weighted by molar-refractivity contribution is 0.161. The van der Waals surface area contributed by atoms with Crippen molar-refractivity contribution in [3.8, 4) is 0 Å². The Morgan fingerprint density at radius 2 is 2.11 bits per heavy atom. The fraction of sp³-hybridized carbons (Fsp3) is 0.929. The summed E-state index contributed by atoms with van der Waals surface area (Å²) >= 11 is 0. The summed E-state index contributed by atoms with van der Waals surface area (Å²) in [6, 6.07) is 0.105. The van der Waals surface area contributed by atoms with E-state index in [1.807, 2.05) is 4.90 Å². The minimum absolute atomic E-state index is 0.105. The maximum atomic E-state index is 12.1. The van der Waals surface area contributed by atoms with Gasteiger partial charge in [0.1, 0.15) is 0 Å². The number of carbonyl (C=O) groups is 1. The fourth-order valence-electron chi connectivity index (χ4n) is 2.71. The molecule has 4 heteroatoms. The largest absolute Gasteiger partial charge is 0.337 e. The molecule has 1 fully saturated rings. The standard InChI is InChI=1S/C14H29N3O/c1-12-7-6-8-17(9-12)13(18)15-10-14(2,3)11-16(4)5/h12H,6-11H2,1-5H3,(H,15,18). The molecule has 4 nitrogen and oxygen atoms in total. The Hall–Kier alpha value is -0.770. The van der Waals surface area contributed by atoms with Gasteiger partial charge in [0.05, 0.1) is 0 Å². The Bertz CT molecular complexity index is 276. The second kappa shape index (κ2) is 6.41. The minimum Gasteiger partial charge on any atom is -0.337 e. The van der Waals surface area contributed by atoms with E-state index in [-0.39, 0.29) is 11.4 Å². The van der Waals surface area contributed by atoms with E-state index in [4.69, 9.17) is 0 Å². The Labute approximate surface area is 112 Å². The minimum atomic E-state index is 0.105. The van der Waals surface area contributed by atoms with Gasteiger partial charge in [-0.25, -0.2) is 4.79 Å². The third-order valence-electron chi connectivity index (χ3n) is 3.41. The Balaban J connectivity index is 2.36. The van der Waals surface area contributed by atoms with E-state index >= 15 is 0 Å². The zero-order valence-corrected chi connectivity index (χ0v) is 12.6. The number of carbonyl (C=O) groups excluding carboxylic acids is 1. The molecular weight excluding hydrogens is 226 g/mol. The lowest BCUT2D eigenvalue weighted by Gasteiger charge is -2.33. The van der Waals surface area contributed by atoms with Crippen LogP contribution >= 0.6 is 0 Å². The van der Waals surface area contributed by atoms with Crippen LogP contribution in [0.25, 0.3) is 0 Å². The van der Waals surface area contributed by atoms with Gasteiger partial charge in [-0.15, -0.1) is 0 Å². The quantitative estimate of drug-likeness (QED) is 0.834. The van der Waals surface area contributed by atoms with Crippen LogP contribution in [0.1, 0.15) is 33.6 Å². The van der Waals surface area contributed by atoms with Crippen molar-refractivity contribution in [2.45, 2.75) is 33.6 Å². The topological polar surface area (TPSA) is 35.6 Å². The molecule has 1 aliphatic rings. The third-order valence-corrected chi connectivity index (χ3v) is 3.41. The molecule has 1 rings (SSSR count). The summed E-state index contributed by atoms with van der Waals surface area (Å²) in [5.74, 6) is 0.638. The van der Waals surface area contributed by atoms with E-state index in [1.54, 1.807) is 0 Å². The lowest BCUT2D eigenvalue weighted by Crippen LogP contribution is -2.48. The molecule has 0 aromatic rings. The van der Waals surface area contributed by atoms with Crippen LogP contribution in [-0.2, 0) is 0 Å². The molecule has 1 aliphatic heterocycles. The summed E-state index contributed by atoms with van der Waals surface area (Å²) in [5, 5.41) is 3.08. The number of nitrogens with one attached hydrogen (secondary N) is 1. The number of rotatable bonds is 4. The number of hydrogen-bond acceptors (Lipinski definition) is 2. The maximum absolute atomic E-state index is 12.1. The van der Waals surface area contributed by atoms with Crippen LogP contribution in [0, 0.1) is 11.3 Å². The summed E-state index contributed by atoms with van der Waals surface area (Å²) in [4.78, 5) is 16.2. The van der Waals surface area contributed by atoms with Gasteiger partial charge < -0.3 is 15.1 Å². The summed E-state index contributed by atoms with van der Waals surface area (Å²) in [5.41, 5.74) is 0.112. The predicted octanol–water partition coefficient (Wildman–Crippen LogP) is 2.02. The second-order valence-electron chi connectivity index (χ2n) is 6.75. The molecule has 106 valence electrons. The first kappa shape index (κ1) is 15.3. The second-order valence-corrected chi connectivity index (χ2v) is 6.75. The van der Waals surface area contributed by atoms with E-state index in [0.717, 1.165) is 32.6 Å². The average molecular weight is 255 g/mol. The first-order chi connectivity index (χ1) is 8.30. The van der Waals surface area contributed by atoms with Gasteiger partial charge in [-0.2, -0.15) is 0 Å². The molecular formula is C14H29N3O. The van der Waals surface area contributed by atoms with Crippen LogP contribution in [0.5, 0.6) is 0 Å². The van der Waals surface area contributed by atoms with Crippen molar-refractivity contribution in [3.05, 3.63) is 0 Å². The predicted molar refractivity (Wildman–Crippen MR) is 75.7 cm³/mol. The van der Waals surface area contributed by atoms with Crippen molar-refractivity contribution < 1.29 is 4.79 Å². The zero-order valence-electron chi connectivity index (χ0n) is 12.6. The van der Waals surface area contributed by atoms with Gasteiger partial charge in [-0.3, -0.25) is 0 Å².